The maximum absolute atomic E-state index is 6.22. The summed E-state index contributed by atoms with van der Waals surface area (Å²) in [6.07, 6.45) is 2.15. The molecule has 0 atom stereocenters. The van der Waals surface area contributed by atoms with Crippen LogP contribution < -0.4 is 5.73 Å². The number of hydrogen-bond acceptors (Lipinski definition) is 1. The summed E-state index contributed by atoms with van der Waals surface area (Å²) in [6, 6.07) is 4.45. The molecule has 0 bridgehead atoms. The van der Waals surface area contributed by atoms with Crippen molar-refractivity contribution in [3.63, 3.8) is 0 Å². The fraction of sp³-hybridized carbons (Fsp3) is 0.429. The molecule has 0 saturated heterocycles. The largest absolute Gasteiger partial charge is 0.350 e. The summed E-state index contributed by atoms with van der Waals surface area (Å²) in [5.74, 6) is 0. The van der Waals surface area contributed by atoms with Gasteiger partial charge in [-0.2, -0.15) is 0 Å². The van der Waals surface area contributed by atoms with Gasteiger partial charge in [0, 0.05) is 24.2 Å². The molecule has 1 heterocycles. The summed E-state index contributed by atoms with van der Waals surface area (Å²) in [5.41, 5.74) is 11.0. The Morgan fingerprint density at radius 2 is 1.81 bits per heavy atom. The van der Waals surface area contributed by atoms with E-state index in [2.05, 4.69) is 57.6 Å². The highest BCUT2D eigenvalue weighted by atomic mass is 14.9. The number of benzene rings is 1. The van der Waals surface area contributed by atoms with Crippen molar-refractivity contribution in [2.45, 2.75) is 33.2 Å². The number of fused-ring (bicyclic) bond motifs is 1. The zero-order valence-corrected chi connectivity index (χ0v) is 10.8. The first-order chi connectivity index (χ1) is 7.30. The highest BCUT2D eigenvalue weighted by Gasteiger charge is 2.20. The zero-order valence-electron chi connectivity index (χ0n) is 10.8. The highest BCUT2D eigenvalue weighted by Crippen LogP contribution is 2.30. The van der Waals surface area contributed by atoms with E-state index in [1.807, 2.05) is 0 Å². The lowest BCUT2D eigenvalue weighted by Crippen LogP contribution is -2.28. The van der Waals surface area contributed by atoms with Crippen LogP contribution in [0.3, 0.4) is 0 Å². The fourth-order valence-corrected chi connectivity index (χ4v) is 2.47. The Kier molecular flexibility index (Phi) is 2.35. The molecule has 0 aliphatic heterocycles. The quantitative estimate of drug-likeness (QED) is 0.780. The Balaban J connectivity index is 2.89. The summed E-state index contributed by atoms with van der Waals surface area (Å²) in [7, 11) is 2.08. The van der Waals surface area contributed by atoms with Crippen LogP contribution in [0.4, 0.5) is 0 Å². The Bertz CT molecular complexity index is 542. The first-order valence-electron chi connectivity index (χ1n) is 5.66. The van der Waals surface area contributed by atoms with Crippen molar-refractivity contribution in [1.82, 2.24) is 4.57 Å². The molecule has 0 fully saturated rings. The van der Waals surface area contributed by atoms with Crippen LogP contribution in [0.25, 0.3) is 10.9 Å². The number of aryl methyl sites for hydroxylation is 3. The molecule has 2 N–H and O–H groups in total. The smallest absolute Gasteiger partial charge is 0.0511 e. The monoisotopic (exact) mass is 216 g/mol. The van der Waals surface area contributed by atoms with Crippen LogP contribution in [-0.4, -0.2) is 4.57 Å². The fourth-order valence-electron chi connectivity index (χ4n) is 2.47. The minimum absolute atomic E-state index is 0.292. The Labute approximate surface area is 97.1 Å². The van der Waals surface area contributed by atoms with Crippen molar-refractivity contribution in [3.05, 3.63) is 35.0 Å². The van der Waals surface area contributed by atoms with Gasteiger partial charge < -0.3 is 10.3 Å². The zero-order chi connectivity index (χ0) is 12.1. The third kappa shape index (κ3) is 1.63. The van der Waals surface area contributed by atoms with Gasteiger partial charge in [-0.25, -0.2) is 0 Å². The second-order valence-electron chi connectivity index (χ2n) is 5.35. The van der Waals surface area contributed by atoms with Gasteiger partial charge in [0.05, 0.1) is 5.52 Å². The van der Waals surface area contributed by atoms with Gasteiger partial charge in [-0.15, -0.1) is 0 Å². The summed E-state index contributed by atoms with van der Waals surface area (Å²) >= 11 is 0. The molecule has 2 heteroatoms. The van der Waals surface area contributed by atoms with Crippen LogP contribution in [0.5, 0.6) is 0 Å². The maximum Gasteiger partial charge on any atom is 0.0511 e. The lowest BCUT2D eigenvalue weighted by Gasteiger charge is -2.17. The Morgan fingerprint density at radius 1 is 1.19 bits per heavy atom. The first-order valence-corrected chi connectivity index (χ1v) is 5.66. The molecule has 0 spiro atoms. The third-order valence-corrected chi connectivity index (χ3v) is 3.10. The van der Waals surface area contributed by atoms with Crippen molar-refractivity contribution in [1.29, 1.82) is 0 Å². The predicted octanol–water partition coefficient (Wildman–Crippen LogP) is 2.99. The van der Waals surface area contributed by atoms with Gasteiger partial charge in [-0.1, -0.05) is 11.6 Å². The molecule has 86 valence electrons. The number of nitrogens with two attached hydrogens (primary N) is 1. The van der Waals surface area contributed by atoms with Crippen molar-refractivity contribution in [2.24, 2.45) is 12.8 Å². The Hall–Kier alpha value is -1.28. The normalized spacial score (nSPS) is 12.4. The topological polar surface area (TPSA) is 30.9 Å². The minimum atomic E-state index is -0.292. The van der Waals surface area contributed by atoms with Gasteiger partial charge in [0.25, 0.3) is 0 Å². The minimum Gasteiger partial charge on any atom is -0.350 e. The maximum atomic E-state index is 6.22. The molecule has 0 radical (unpaired) electrons. The summed E-state index contributed by atoms with van der Waals surface area (Å²) in [6.45, 7) is 8.40. The average molecular weight is 216 g/mol. The standard InChI is InChI=1S/C14H20N2/c1-9-6-10(2)13-11(7-9)12(8-16(13)5)14(3,4)15/h6-8H,15H2,1-5H3. The van der Waals surface area contributed by atoms with E-state index >= 15 is 0 Å². The molecule has 1 aromatic heterocycles. The molecular weight excluding hydrogens is 196 g/mol. The van der Waals surface area contributed by atoms with E-state index < -0.39 is 0 Å². The molecule has 0 unspecified atom stereocenters. The van der Waals surface area contributed by atoms with Crippen LogP contribution in [0.15, 0.2) is 18.3 Å². The van der Waals surface area contributed by atoms with Gasteiger partial charge in [-0.3, -0.25) is 0 Å². The molecule has 2 nitrogen and oxygen atoms in total. The number of aromatic nitrogens is 1. The van der Waals surface area contributed by atoms with E-state index in [1.165, 1.54) is 27.6 Å². The van der Waals surface area contributed by atoms with Crippen LogP contribution in [0, 0.1) is 13.8 Å². The van der Waals surface area contributed by atoms with Crippen LogP contribution >= 0.6 is 0 Å². The number of rotatable bonds is 1. The summed E-state index contributed by atoms with van der Waals surface area (Å²) in [4.78, 5) is 0. The van der Waals surface area contributed by atoms with Gasteiger partial charge in [-0.05, 0) is 44.9 Å². The predicted molar refractivity (Wildman–Crippen MR) is 69.6 cm³/mol. The molecule has 0 amide bonds. The van der Waals surface area contributed by atoms with E-state index in [-0.39, 0.29) is 5.54 Å². The van der Waals surface area contributed by atoms with E-state index in [4.69, 9.17) is 5.73 Å². The van der Waals surface area contributed by atoms with E-state index in [1.54, 1.807) is 0 Å². The Morgan fingerprint density at radius 3 is 2.38 bits per heavy atom. The molecule has 2 aromatic rings. The summed E-state index contributed by atoms with van der Waals surface area (Å²) in [5, 5.41) is 1.28. The molecule has 0 aliphatic rings. The second-order valence-corrected chi connectivity index (χ2v) is 5.35. The molecule has 1 aromatic carbocycles. The lowest BCUT2D eigenvalue weighted by atomic mass is 9.94. The number of hydrogen-bond donors (Lipinski definition) is 1. The highest BCUT2D eigenvalue weighted by molar-refractivity contribution is 5.88. The molecule has 2 rings (SSSR count). The van der Waals surface area contributed by atoms with Crippen LogP contribution in [0.1, 0.15) is 30.5 Å². The third-order valence-electron chi connectivity index (χ3n) is 3.10. The van der Waals surface area contributed by atoms with Crippen LogP contribution in [0.2, 0.25) is 0 Å². The molecule has 0 saturated carbocycles. The number of nitrogens with zero attached hydrogens (tertiary/aromatic N) is 1. The van der Waals surface area contributed by atoms with Crippen molar-refractivity contribution < 1.29 is 0 Å². The van der Waals surface area contributed by atoms with Gasteiger partial charge in [0.2, 0.25) is 0 Å². The van der Waals surface area contributed by atoms with Crippen LogP contribution in [-0.2, 0) is 12.6 Å². The molecular formula is C14H20N2. The average Bonchev–Trinajstić information content (AvgIpc) is 2.41. The van der Waals surface area contributed by atoms with Gasteiger partial charge in [0.1, 0.15) is 0 Å². The van der Waals surface area contributed by atoms with E-state index in [9.17, 15) is 0 Å². The molecule has 0 aliphatic carbocycles. The van der Waals surface area contributed by atoms with Gasteiger partial charge in [0.15, 0.2) is 0 Å². The molecule has 16 heavy (non-hydrogen) atoms. The van der Waals surface area contributed by atoms with Crippen molar-refractivity contribution in [2.75, 3.05) is 0 Å². The van der Waals surface area contributed by atoms with Crippen molar-refractivity contribution >= 4 is 10.9 Å². The summed E-state index contributed by atoms with van der Waals surface area (Å²) < 4.78 is 2.17. The SMILES string of the molecule is Cc1cc(C)c2c(c1)c(C(C)(C)N)cn2C. The van der Waals surface area contributed by atoms with Crippen molar-refractivity contribution in [3.8, 4) is 0 Å². The van der Waals surface area contributed by atoms with E-state index in [0.29, 0.717) is 0 Å². The van der Waals surface area contributed by atoms with Gasteiger partial charge >= 0.3 is 0 Å². The second kappa shape index (κ2) is 3.36. The van der Waals surface area contributed by atoms with E-state index in [0.717, 1.165) is 0 Å². The lowest BCUT2D eigenvalue weighted by molar-refractivity contribution is 0.557. The first kappa shape index (κ1) is 11.2.